The van der Waals surface area contributed by atoms with E-state index in [1.54, 1.807) is 0 Å². The molecular formula is C55H36N2O2. The van der Waals surface area contributed by atoms with Crippen LogP contribution < -0.4 is 14.4 Å². The lowest BCUT2D eigenvalue weighted by Gasteiger charge is -2.36. The Morgan fingerprint density at radius 1 is 0.492 bits per heavy atom. The molecule has 59 heavy (non-hydrogen) atoms. The first-order valence-electron chi connectivity index (χ1n) is 20.4. The van der Waals surface area contributed by atoms with Crippen LogP contribution in [0.25, 0.3) is 38.6 Å². The lowest BCUT2D eigenvalue weighted by atomic mass is 9.65. The summed E-state index contributed by atoms with van der Waals surface area (Å²) in [6, 6.07) is 65.3. The fraction of sp³-hybridized carbons (Fsp3) is 0.0545. The van der Waals surface area contributed by atoms with Crippen LogP contribution in [0, 0.1) is 5.92 Å². The molecule has 4 heteroatoms. The first kappa shape index (κ1) is 32.5. The van der Waals surface area contributed by atoms with Crippen LogP contribution in [-0.2, 0) is 5.41 Å². The number of allylic oxidation sites excluding steroid dienone is 4. The van der Waals surface area contributed by atoms with Gasteiger partial charge < -0.3 is 18.9 Å². The smallest absolute Gasteiger partial charge is 0.194 e. The Kier molecular flexibility index (Phi) is 6.74. The van der Waals surface area contributed by atoms with E-state index in [0.717, 1.165) is 39.8 Å². The van der Waals surface area contributed by atoms with Gasteiger partial charge in [-0.25, -0.2) is 0 Å². The van der Waals surface area contributed by atoms with Crippen LogP contribution in [0.2, 0.25) is 0 Å². The molecule has 0 amide bonds. The number of hydrogen-bond donors (Lipinski definition) is 0. The van der Waals surface area contributed by atoms with E-state index >= 15 is 0 Å². The number of ether oxygens (including phenoxy) is 2. The van der Waals surface area contributed by atoms with Gasteiger partial charge in [-0.1, -0.05) is 146 Å². The van der Waals surface area contributed by atoms with Gasteiger partial charge >= 0.3 is 0 Å². The van der Waals surface area contributed by atoms with Gasteiger partial charge in [-0.3, -0.25) is 0 Å². The molecule has 8 aromatic carbocycles. The average molecular weight is 757 g/mol. The van der Waals surface area contributed by atoms with Gasteiger partial charge in [0.1, 0.15) is 0 Å². The number of hydrogen-bond acceptors (Lipinski definition) is 3. The summed E-state index contributed by atoms with van der Waals surface area (Å²) >= 11 is 0. The van der Waals surface area contributed by atoms with Crippen molar-refractivity contribution in [1.29, 1.82) is 0 Å². The Morgan fingerprint density at radius 2 is 1.17 bits per heavy atom. The topological polar surface area (TPSA) is 26.6 Å². The van der Waals surface area contributed by atoms with Gasteiger partial charge in [-0.05, 0) is 88.5 Å². The van der Waals surface area contributed by atoms with Crippen LogP contribution in [0.1, 0.15) is 28.2 Å². The fourth-order valence-corrected chi connectivity index (χ4v) is 10.9. The molecule has 1 aromatic heterocycles. The minimum atomic E-state index is -0.365. The van der Waals surface area contributed by atoms with Crippen molar-refractivity contribution in [3.8, 4) is 39.8 Å². The highest BCUT2D eigenvalue weighted by Crippen LogP contribution is 2.68. The van der Waals surface area contributed by atoms with E-state index in [2.05, 4.69) is 210 Å². The van der Waals surface area contributed by atoms with Crippen LogP contribution in [0.15, 0.2) is 206 Å². The zero-order valence-electron chi connectivity index (χ0n) is 32.0. The third kappa shape index (κ3) is 4.38. The maximum Gasteiger partial charge on any atom is 0.194 e. The molecule has 13 rings (SSSR count). The predicted molar refractivity (Wildman–Crippen MR) is 238 cm³/mol. The minimum absolute atomic E-state index is 0.230. The maximum absolute atomic E-state index is 7.37. The Bertz CT molecular complexity index is 3210. The van der Waals surface area contributed by atoms with E-state index in [4.69, 9.17) is 9.47 Å². The molecule has 0 saturated heterocycles. The Labute approximate surface area is 342 Å². The van der Waals surface area contributed by atoms with Crippen molar-refractivity contribution in [2.45, 2.75) is 11.3 Å². The van der Waals surface area contributed by atoms with Crippen molar-refractivity contribution in [3.05, 3.63) is 229 Å². The molecule has 0 saturated carbocycles. The quantitative estimate of drug-likeness (QED) is 0.179. The second-order valence-electron chi connectivity index (χ2n) is 15.9. The molecule has 1 aliphatic heterocycles. The predicted octanol–water partition coefficient (Wildman–Crippen LogP) is 14.3. The average Bonchev–Trinajstić information content (AvgIpc) is 3.91. The van der Waals surface area contributed by atoms with Crippen LogP contribution in [0.5, 0.6) is 23.0 Å². The second kappa shape index (κ2) is 12.2. The molecule has 9 aromatic rings. The van der Waals surface area contributed by atoms with Crippen LogP contribution in [-0.4, -0.2) is 4.57 Å². The van der Waals surface area contributed by atoms with E-state index in [1.165, 1.54) is 49.6 Å². The lowest BCUT2D eigenvalue weighted by molar-refractivity contribution is 0.360. The van der Waals surface area contributed by atoms with Gasteiger partial charge in [0.15, 0.2) is 23.0 Å². The summed E-state index contributed by atoms with van der Waals surface area (Å²) in [7, 11) is 0. The molecule has 0 fully saturated rings. The molecule has 3 unspecified atom stereocenters. The van der Waals surface area contributed by atoms with E-state index < -0.39 is 0 Å². The Balaban J connectivity index is 1.00. The highest BCUT2D eigenvalue weighted by atomic mass is 16.6. The first-order chi connectivity index (χ1) is 29.3. The molecule has 0 radical (unpaired) electrons. The maximum atomic E-state index is 7.37. The molecule has 3 aliphatic carbocycles. The molecule has 3 atom stereocenters. The lowest BCUT2D eigenvalue weighted by Crippen LogP contribution is -2.32. The number of nitrogens with zero attached hydrogens (tertiary/aromatic N) is 2. The van der Waals surface area contributed by atoms with Gasteiger partial charge in [0.05, 0.1) is 22.1 Å². The van der Waals surface area contributed by atoms with Gasteiger partial charge in [0, 0.05) is 45.2 Å². The number of para-hydroxylation sites is 4. The van der Waals surface area contributed by atoms with E-state index in [-0.39, 0.29) is 17.3 Å². The molecule has 4 aliphatic rings. The zero-order valence-corrected chi connectivity index (χ0v) is 32.0. The van der Waals surface area contributed by atoms with Crippen molar-refractivity contribution in [2.75, 3.05) is 4.90 Å². The third-order valence-electron chi connectivity index (χ3n) is 13.1. The summed E-state index contributed by atoms with van der Waals surface area (Å²) < 4.78 is 16.6. The van der Waals surface area contributed by atoms with Crippen molar-refractivity contribution in [1.82, 2.24) is 4.57 Å². The summed E-state index contributed by atoms with van der Waals surface area (Å²) in [5.41, 5.74) is 13.6. The van der Waals surface area contributed by atoms with E-state index in [1.807, 2.05) is 6.07 Å². The van der Waals surface area contributed by atoms with Crippen LogP contribution in [0.3, 0.4) is 0 Å². The normalized spacial score (nSPS) is 18.7. The highest BCUT2D eigenvalue weighted by molar-refractivity contribution is 6.09. The van der Waals surface area contributed by atoms with Gasteiger partial charge in [-0.2, -0.15) is 0 Å². The SMILES string of the molecule is C1=CC2c3ccccc3C3(c4ccccc4-c4c3ccc3c4Oc4c(cccc4N(c4ccccc4)c4cccc(-n5c6ccccc6c6ccccc65)c4)O3)C2C=C1. The van der Waals surface area contributed by atoms with Gasteiger partial charge in [-0.15, -0.1) is 0 Å². The molecule has 0 bridgehead atoms. The van der Waals surface area contributed by atoms with Crippen molar-refractivity contribution in [3.63, 3.8) is 0 Å². The van der Waals surface area contributed by atoms with Crippen molar-refractivity contribution in [2.24, 2.45) is 5.92 Å². The van der Waals surface area contributed by atoms with Crippen molar-refractivity contribution >= 4 is 38.9 Å². The fourth-order valence-electron chi connectivity index (χ4n) is 10.9. The largest absolute Gasteiger partial charge is 0.449 e. The molecule has 0 N–H and O–H groups in total. The summed E-state index contributed by atoms with van der Waals surface area (Å²) in [6.45, 7) is 0. The van der Waals surface area contributed by atoms with Crippen LogP contribution in [0.4, 0.5) is 17.1 Å². The standard InChI is InChI=1S/C55H36N2O2/c1-2-16-35(17-3-1)56(36-18-14-19-37(34-36)57-47-28-12-7-22-40(47)41-23-8-13-29-48(41)57)49-30-15-31-50-53(49)59-54-51(58-50)33-32-46-52(54)42-24-6-11-27-45(42)55(46)43-25-9-4-20-38(43)39-21-5-10-26-44(39)55/h1-34,38,43H. The highest BCUT2D eigenvalue weighted by Gasteiger charge is 2.58. The van der Waals surface area contributed by atoms with E-state index in [0.29, 0.717) is 11.5 Å². The number of rotatable bonds is 4. The molecule has 2 heterocycles. The summed E-state index contributed by atoms with van der Waals surface area (Å²) in [5.74, 6) is 3.36. The second-order valence-corrected chi connectivity index (χ2v) is 15.9. The number of anilines is 3. The minimum Gasteiger partial charge on any atom is -0.449 e. The monoisotopic (exact) mass is 756 g/mol. The summed E-state index contributed by atoms with van der Waals surface area (Å²) in [4.78, 5) is 2.29. The van der Waals surface area contributed by atoms with Gasteiger partial charge in [0.25, 0.3) is 0 Å². The first-order valence-corrected chi connectivity index (χ1v) is 20.4. The molecule has 1 spiro atoms. The molecule has 4 nitrogen and oxygen atoms in total. The number of benzene rings is 8. The Hall–Kier alpha value is -7.56. The van der Waals surface area contributed by atoms with Crippen molar-refractivity contribution < 1.29 is 9.47 Å². The third-order valence-corrected chi connectivity index (χ3v) is 13.1. The number of aromatic nitrogens is 1. The van der Waals surface area contributed by atoms with Crippen LogP contribution >= 0.6 is 0 Å². The summed E-state index contributed by atoms with van der Waals surface area (Å²) in [6.07, 6.45) is 9.24. The van der Waals surface area contributed by atoms with E-state index in [9.17, 15) is 0 Å². The zero-order chi connectivity index (χ0) is 38.7. The Morgan fingerprint density at radius 3 is 2.02 bits per heavy atom. The van der Waals surface area contributed by atoms with Gasteiger partial charge in [0.2, 0.25) is 0 Å². The summed E-state index contributed by atoms with van der Waals surface area (Å²) in [5, 5.41) is 2.47. The number of fused-ring (bicyclic) bond motifs is 16. The molecule has 278 valence electrons. The molecular weight excluding hydrogens is 721 g/mol.